The van der Waals surface area contributed by atoms with E-state index in [1.807, 2.05) is 24.3 Å². The number of hydrogen-bond acceptors (Lipinski definition) is 7. The van der Waals surface area contributed by atoms with Gasteiger partial charge in [-0.1, -0.05) is 39.3 Å². The maximum Gasteiger partial charge on any atom is 0.338 e. The molecule has 1 atom stereocenters. The Morgan fingerprint density at radius 3 is 2.68 bits per heavy atom. The summed E-state index contributed by atoms with van der Waals surface area (Å²) in [4.78, 5) is 32.0. The van der Waals surface area contributed by atoms with E-state index in [0.717, 1.165) is 4.47 Å². The van der Waals surface area contributed by atoms with Crippen molar-refractivity contribution in [2.45, 2.75) is 19.9 Å². The first-order valence-electron chi connectivity index (χ1n) is 11.2. The SMILES string of the molecule is C#CCOc1ccc(Br)cc1/C=c1/sc2n(c1=O)[C@@H](c1ccc(OC)c(Br)c1)C(C(=O)OCC)=C(C)N=2. The fourth-order valence-corrected chi connectivity index (χ4v) is 5.96. The number of thiazole rings is 1. The van der Waals surface area contributed by atoms with Crippen LogP contribution in [0.15, 0.2) is 66.4 Å². The summed E-state index contributed by atoms with van der Waals surface area (Å²) in [6.45, 7) is 3.77. The standard InChI is InChI=1S/C27H22Br2N2O5S/c1-5-11-36-20-10-8-18(28)12-17(20)14-22-25(32)31-24(16-7-9-21(34-4)19(29)13-16)23(26(33)35-6-2)15(3)30-27(31)37-22/h1,7-10,12-14,24H,6,11H2,2-4H3/b22-14+/t24-/m0/s1. The van der Waals surface area contributed by atoms with E-state index in [-0.39, 0.29) is 18.8 Å². The molecule has 2 heterocycles. The van der Waals surface area contributed by atoms with Crippen LogP contribution >= 0.6 is 43.2 Å². The molecule has 0 bridgehead atoms. The van der Waals surface area contributed by atoms with E-state index in [1.165, 1.54) is 15.9 Å². The monoisotopic (exact) mass is 644 g/mol. The first-order valence-corrected chi connectivity index (χ1v) is 13.6. The minimum absolute atomic E-state index is 0.0954. The van der Waals surface area contributed by atoms with E-state index in [4.69, 9.17) is 20.6 Å². The average Bonchev–Trinajstić information content (AvgIpc) is 3.17. The lowest BCUT2D eigenvalue weighted by Gasteiger charge is -2.25. The number of rotatable bonds is 7. The number of hydrogen-bond donors (Lipinski definition) is 0. The third-order valence-electron chi connectivity index (χ3n) is 5.58. The van der Waals surface area contributed by atoms with Crippen molar-refractivity contribution in [1.82, 2.24) is 4.57 Å². The summed E-state index contributed by atoms with van der Waals surface area (Å²) in [7, 11) is 1.57. The number of halogens is 2. The molecule has 7 nitrogen and oxygen atoms in total. The number of carbonyl (C=O) groups excluding carboxylic acids is 1. The van der Waals surface area contributed by atoms with Crippen LogP contribution in [0.2, 0.25) is 0 Å². The van der Waals surface area contributed by atoms with Crippen LogP contribution < -0.4 is 24.4 Å². The van der Waals surface area contributed by atoms with Gasteiger partial charge in [-0.2, -0.15) is 0 Å². The van der Waals surface area contributed by atoms with Crippen molar-refractivity contribution in [2.75, 3.05) is 20.3 Å². The molecule has 0 radical (unpaired) electrons. The summed E-state index contributed by atoms with van der Waals surface area (Å²) in [5, 5.41) is 0. The zero-order valence-corrected chi connectivity index (χ0v) is 24.2. The summed E-state index contributed by atoms with van der Waals surface area (Å²) in [6.07, 6.45) is 7.10. The predicted octanol–water partition coefficient (Wildman–Crippen LogP) is 4.34. The summed E-state index contributed by atoms with van der Waals surface area (Å²) in [5.41, 5.74) is 1.89. The van der Waals surface area contributed by atoms with Crippen LogP contribution in [0.25, 0.3) is 6.08 Å². The number of nitrogens with zero attached hydrogens (tertiary/aromatic N) is 2. The van der Waals surface area contributed by atoms with E-state index in [9.17, 15) is 9.59 Å². The fraction of sp³-hybridized carbons (Fsp3) is 0.222. The number of ether oxygens (including phenoxy) is 3. The van der Waals surface area contributed by atoms with E-state index >= 15 is 0 Å². The largest absolute Gasteiger partial charge is 0.496 e. The highest BCUT2D eigenvalue weighted by Gasteiger charge is 2.33. The van der Waals surface area contributed by atoms with Gasteiger partial charge < -0.3 is 14.2 Å². The molecule has 3 aromatic rings. The normalized spacial score (nSPS) is 15.0. The van der Waals surface area contributed by atoms with Crippen molar-refractivity contribution in [1.29, 1.82) is 0 Å². The molecule has 0 fully saturated rings. The maximum absolute atomic E-state index is 13.8. The maximum atomic E-state index is 13.8. The highest BCUT2D eigenvalue weighted by Crippen LogP contribution is 2.35. The lowest BCUT2D eigenvalue weighted by Crippen LogP contribution is -2.40. The van der Waals surface area contributed by atoms with Gasteiger partial charge in [-0.15, -0.1) is 6.42 Å². The molecule has 190 valence electrons. The van der Waals surface area contributed by atoms with Crippen LogP contribution in [-0.4, -0.2) is 30.9 Å². The summed E-state index contributed by atoms with van der Waals surface area (Å²) in [5.74, 6) is 3.11. The molecule has 0 spiro atoms. The molecule has 1 aliphatic heterocycles. The quantitative estimate of drug-likeness (QED) is 0.282. The second-order valence-corrected chi connectivity index (χ2v) is 10.7. The smallest absolute Gasteiger partial charge is 0.338 e. The summed E-state index contributed by atoms with van der Waals surface area (Å²) < 4.78 is 19.9. The van der Waals surface area contributed by atoms with Crippen molar-refractivity contribution in [3.63, 3.8) is 0 Å². The Hall–Kier alpha value is -3.13. The third kappa shape index (κ3) is 5.44. The molecule has 1 aromatic heterocycles. The van der Waals surface area contributed by atoms with Crippen molar-refractivity contribution in [2.24, 2.45) is 4.99 Å². The van der Waals surface area contributed by atoms with Crippen LogP contribution in [0, 0.1) is 12.3 Å². The van der Waals surface area contributed by atoms with Crippen LogP contribution in [0.4, 0.5) is 0 Å². The van der Waals surface area contributed by atoms with Gasteiger partial charge in [0.2, 0.25) is 0 Å². The molecule has 4 rings (SSSR count). The van der Waals surface area contributed by atoms with Gasteiger partial charge in [0.25, 0.3) is 5.56 Å². The third-order valence-corrected chi connectivity index (χ3v) is 7.67. The highest BCUT2D eigenvalue weighted by atomic mass is 79.9. The van der Waals surface area contributed by atoms with Crippen molar-refractivity contribution < 1.29 is 19.0 Å². The topological polar surface area (TPSA) is 79.1 Å². The minimum atomic E-state index is -0.737. The Morgan fingerprint density at radius 1 is 1.24 bits per heavy atom. The zero-order chi connectivity index (χ0) is 26.7. The van der Waals surface area contributed by atoms with Crippen molar-refractivity contribution in [3.8, 4) is 23.8 Å². The minimum Gasteiger partial charge on any atom is -0.496 e. The van der Waals surface area contributed by atoms with Crippen LogP contribution in [0.3, 0.4) is 0 Å². The Labute approximate surface area is 234 Å². The molecule has 0 saturated carbocycles. The van der Waals surface area contributed by atoms with Gasteiger partial charge >= 0.3 is 5.97 Å². The Balaban J connectivity index is 1.96. The first-order chi connectivity index (χ1) is 17.8. The summed E-state index contributed by atoms with van der Waals surface area (Å²) >= 11 is 8.22. The molecule has 2 aromatic carbocycles. The van der Waals surface area contributed by atoms with E-state index in [1.54, 1.807) is 39.2 Å². The summed E-state index contributed by atoms with van der Waals surface area (Å²) in [6, 6.07) is 10.2. The molecule has 1 aliphatic rings. The molecule has 0 unspecified atom stereocenters. The number of fused-ring (bicyclic) bond motifs is 1. The Kier molecular flexibility index (Phi) is 8.37. The molecular formula is C27H22Br2N2O5S. The lowest BCUT2D eigenvalue weighted by atomic mass is 9.96. The number of carbonyl (C=O) groups is 1. The van der Waals surface area contributed by atoms with Crippen LogP contribution in [-0.2, 0) is 9.53 Å². The van der Waals surface area contributed by atoms with Crippen molar-refractivity contribution in [3.05, 3.63) is 87.4 Å². The number of aromatic nitrogens is 1. The van der Waals surface area contributed by atoms with Gasteiger partial charge in [-0.05, 0) is 71.7 Å². The number of methoxy groups -OCH3 is 1. The van der Waals surface area contributed by atoms with Gasteiger partial charge in [-0.25, -0.2) is 9.79 Å². The Bertz CT molecular complexity index is 1630. The zero-order valence-electron chi connectivity index (χ0n) is 20.2. The van der Waals surface area contributed by atoms with Gasteiger partial charge in [0, 0.05) is 10.0 Å². The van der Waals surface area contributed by atoms with E-state index in [2.05, 4.69) is 42.8 Å². The van der Waals surface area contributed by atoms with Gasteiger partial charge in [-0.3, -0.25) is 9.36 Å². The molecule has 0 N–H and O–H groups in total. The molecule has 0 aliphatic carbocycles. The Morgan fingerprint density at radius 2 is 2.00 bits per heavy atom. The molecule has 0 amide bonds. The van der Waals surface area contributed by atoms with Gasteiger partial charge in [0.15, 0.2) is 4.80 Å². The van der Waals surface area contributed by atoms with Crippen molar-refractivity contribution >= 4 is 55.2 Å². The number of allylic oxidation sites excluding steroid dienone is 1. The molecule has 0 saturated heterocycles. The molecule has 37 heavy (non-hydrogen) atoms. The molecular weight excluding hydrogens is 624 g/mol. The second kappa shape index (κ2) is 11.5. The molecule has 10 heteroatoms. The number of benzene rings is 2. The number of terminal acetylenes is 1. The highest BCUT2D eigenvalue weighted by molar-refractivity contribution is 9.10. The average molecular weight is 646 g/mol. The van der Waals surface area contributed by atoms with Crippen LogP contribution in [0.1, 0.15) is 31.0 Å². The fourth-order valence-electron chi connectivity index (χ4n) is 3.98. The first kappa shape index (κ1) is 26.9. The van der Waals surface area contributed by atoms with E-state index < -0.39 is 12.0 Å². The van der Waals surface area contributed by atoms with E-state index in [0.29, 0.717) is 47.7 Å². The number of esters is 1. The van der Waals surface area contributed by atoms with Gasteiger partial charge in [0.05, 0.1) is 40.0 Å². The van der Waals surface area contributed by atoms with Crippen LogP contribution in [0.5, 0.6) is 11.5 Å². The predicted molar refractivity (Wildman–Crippen MR) is 150 cm³/mol. The lowest BCUT2D eigenvalue weighted by molar-refractivity contribution is -0.139. The second-order valence-electron chi connectivity index (χ2n) is 7.87. The van der Waals surface area contributed by atoms with Gasteiger partial charge in [0.1, 0.15) is 18.1 Å².